The van der Waals surface area contributed by atoms with Crippen LogP contribution in [0.3, 0.4) is 0 Å². The average Bonchev–Trinajstić information content (AvgIpc) is 3.14. The van der Waals surface area contributed by atoms with E-state index in [-0.39, 0.29) is 5.41 Å². The molecule has 116 valence electrons. The van der Waals surface area contributed by atoms with Crippen LogP contribution in [0.5, 0.6) is 0 Å². The second-order valence-electron chi connectivity index (χ2n) is 7.04. The average molecular weight is 296 g/mol. The van der Waals surface area contributed by atoms with E-state index in [1.807, 2.05) is 24.3 Å². The molecule has 0 spiro atoms. The van der Waals surface area contributed by atoms with Crippen LogP contribution in [0.4, 0.5) is 0 Å². The molecule has 2 aliphatic heterocycles. The fourth-order valence-corrected chi connectivity index (χ4v) is 4.68. The van der Waals surface area contributed by atoms with E-state index < -0.39 is 0 Å². The van der Waals surface area contributed by atoms with Gasteiger partial charge >= 0.3 is 0 Å². The van der Waals surface area contributed by atoms with Crippen LogP contribution in [0.1, 0.15) is 55.9 Å². The first-order valence-electron chi connectivity index (χ1n) is 8.61. The summed E-state index contributed by atoms with van der Waals surface area (Å²) in [6, 6.07) is 11.2. The lowest BCUT2D eigenvalue weighted by Gasteiger charge is -2.41. The maximum absolute atomic E-state index is 13.4. The van der Waals surface area contributed by atoms with E-state index in [0.717, 1.165) is 48.7 Å². The van der Waals surface area contributed by atoms with Gasteiger partial charge in [-0.1, -0.05) is 31.5 Å². The Morgan fingerprint density at radius 3 is 2.95 bits per heavy atom. The molecule has 2 aliphatic rings. The number of aromatic amines is 1. The monoisotopic (exact) mass is 296 g/mol. The Hall–Kier alpha value is -1.61. The molecule has 2 bridgehead atoms. The molecule has 2 saturated heterocycles. The molecule has 3 heterocycles. The van der Waals surface area contributed by atoms with Crippen LogP contribution in [0.2, 0.25) is 0 Å². The summed E-state index contributed by atoms with van der Waals surface area (Å²) in [5.74, 6) is 0.323. The zero-order chi connectivity index (χ0) is 15.2. The number of nitrogens with one attached hydrogen (secondary N) is 2. The van der Waals surface area contributed by atoms with Crippen molar-refractivity contribution < 1.29 is 4.79 Å². The highest BCUT2D eigenvalue weighted by Gasteiger charge is 2.51. The van der Waals surface area contributed by atoms with Gasteiger partial charge in [0.05, 0.1) is 11.1 Å². The third-order valence-electron chi connectivity index (χ3n) is 5.77. The molecule has 3 heteroatoms. The Balaban J connectivity index is 1.74. The molecule has 3 nitrogen and oxygen atoms in total. The number of hydrogen-bond acceptors (Lipinski definition) is 2. The number of piperidine rings is 1. The van der Waals surface area contributed by atoms with Gasteiger partial charge in [0.15, 0.2) is 5.78 Å². The second kappa shape index (κ2) is 5.24. The Morgan fingerprint density at radius 2 is 2.14 bits per heavy atom. The first kappa shape index (κ1) is 14.0. The molecule has 1 aromatic carbocycles. The number of Topliss-reactive ketones (excluding diaryl/α,β-unsaturated/α-hetero) is 1. The second-order valence-corrected chi connectivity index (χ2v) is 7.04. The van der Waals surface area contributed by atoms with Crippen molar-refractivity contribution in [1.82, 2.24) is 10.3 Å². The van der Waals surface area contributed by atoms with Gasteiger partial charge in [0.1, 0.15) is 0 Å². The van der Waals surface area contributed by atoms with E-state index in [0.29, 0.717) is 17.9 Å². The highest BCUT2D eigenvalue weighted by Crippen LogP contribution is 2.46. The van der Waals surface area contributed by atoms with Crippen LogP contribution in [0.25, 0.3) is 10.9 Å². The van der Waals surface area contributed by atoms with E-state index in [4.69, 9.17) is 0 Å². The van der Waals surface area contributed by atoms with Crippen molar-refractivity contribution in [3.8, 4) is 0 Å². The summed E-state index contributed by atoms with van der Waals surface area (Å²) < 4.78 is 0. The maximum Gasteiger partial charge on any atom is 0.186 e. The zero-order valence-electron chi connectivity index (χ0n) is 13.2. The number of fused-ring (bicyclic) bond motifs is 3. The SMILES string of the molecule is CCC[C@@]1(C(=O)c2cc3ccccc3[nH]2)CC[C@@H]2CC[C@H]1N2. The third kappa shape index (κ3) is 2.03. The lowest BCUT2D eigenvalue weighted by atomic mass is 9.67. The number of para-hydroxylation sites is 1. The summed E-state index contributed by atoms with van der Waals surface area (Å²) in [5.41, 5.74) is 1.65. The highest BCUT2D eigenvalue weighted by atomic mass is 16.1. The molecule has 2 fully saturated rings. The van der Waals surface area contributed by atoms with Crippen molar-refractivity contribution in [2.45, 2.75) is 57.5 Å². The van der Waals surface area contributed by atoms with Crippen LogP contribution >= 0.6 is 0 Å². The molecule has 22 heavy (non-hydrogen) atoms. The van der Waals surface area contributed by atoms with Crippen LogP contribution in [0, 0.1) is 5.41 Å². The number of carbonyl (C=O) groups excluding carboxylic acids is 1. The standard InChI is InChI=1S/C19H24N2O/c1-2-10-19(11-9-14-7-8-17(19)20-14)18(22)16-12-13-5-3-4-6-15(13)21-16/h3-6,12,14,17,20-21H,2,7-11H2,1H3/t14-,17+,19+/m0/s1. The normalized spacial score (nSPS) is 30.8. The van der Waals surface area contributed by atoms with E-state index in [1.165, 1.54) is 6.42 Å². The minimum Gasteiger partial charge on any atom is -0.352 e. The zero-order valence-corrected chi connectivity index (χ0v) is 13.2. The topological polar surface area (TPSA) is 44.9 Å². The molecule has 4 rings (SSSR count). The van der Waals surface area contributed by atoms with Gasteiger partial charge in [-0.15, -0.1) is 0 Å². The molecule has 0 aliphatic carbocycles. The van der Waals surface area contributed by atoms with Crippen molar-refractivity contribution in [2.24, 2.45) is 5.41 Å². The molecule has 2 aromatic rings. The van der Waals surface area contributed by atoms with Crippen LogP contribution < -0.4 is 5.32 Å². The largest absolute Gasteiger partial charge is 0.352 e. The quantitative estimate of drug-likeness (QED) is 0.836. The van der Waals surface area contributed by atoms with Gasteiger partial charge in [-0.2, -0.15) is 0 Å². The molecule has 0 radical (unpaired) electrons. The molecule has 0 unspecified atom stereocenters. The lowest BCUT2D eigenvalue weighted by molar-refractivity contribution is 0.0612. The Morgan fingerprint density at radius 1 is 1.27 bits per heavy atom. The van der Waals surface area contributed by atoms with E-state index >= 15 is 0 Å². The maximum atomic E-state index is 13.4. The van der Waals surface area contributed by atoms with Crippen molar-refractivity contribution in [1.29, 1.82) is 0 Å². The van der Waals surface area contributed by atoms with E-state index in [1.54, 1.807) is 0 Å². The Bertz CT molecular complexity index is 671. The summed E-state index contributed by atoms with van der Waals surface area (Å²) in [6.45, 7) is 2.20. The van der Waals surface area contributed by atoms with Gasteiger partial charge in [0, 0.05) is 23.0 Å². The Kier molecular flexibility index (Phi) is 3.33. The molecule has 0 amide bonds. The van der Waals surface area contributed by atoms with E-state index in [2.05, 4.69) is 23.3 Å². The molecule has 2 N–H and O–H groups in total. The first-order valence-corrected chi connectivity index (χ1v) is 8.61. The van der Waals surface area contributed by atoms with Crippen LogP contribution in [-0.2, 0) is 0 Å². The Labute approximate surface area is 131 Å². The third-order valence-corrected chi connectivity index (χ3v) is 5.77. The number of hydrogen-bond donors (Lipinski definition) is 2. The number of aromatic nitrogens is 1. The van der Waals surface area contributed by atoms with Gasteiger partial charge in [-0.3, -0.25) is 4.79 Å². The van der Waals surface area contributed by atoms with Crippen LogP contribution in [-0.4, -0.2) is 22.9 Å². The number of benzene rings is 1. The van der Waals surface area contributed by atoms with Gasteiger partial charge in [0.25, 0.3) is 0 Å². The lowest BCUT2D eigenvalue weighted by Crippen LogP contribution is -2.53. The minimum atomic E-state index is -0.206. The van der Waals surface area contributed by atoms with Crippen molar-refractivity contribution in [3.05, 3.63) is 36.0 Å². The molecular formula is C19H24N2O. The van der Waals surface area contributed by atoms with Gasteiger partial charge in [-0.05, 0) is 44.2 Å². The summed E-state index contributed by atoms with van der Waals surface area (Å²) in [5, 5.41) is 4.85. The predicted octanol–water partition coefficient (Wildman–Crippen LogP) is 4.05. The molecule has 1 aromatic heterocycles. The first-order chi connectivity index (χ1) is 10.7. The van der Waals surface area contributed by atoms with Crippen molar-refractivity contribution in [3.63, 3.8) is 0 Å². The smallest absolute Gasteiger partial charge is 0.186 e. The number of rotatable bonds is 4. The van der Waals surface area contributed by atoms with Gasteiger partial charge in [-0.25, -0.2) is 0 Å². The van der Waals surface area contributed by atoms with E-state index in [9.17, 15) is 4.79 Å². The highest BCUT2D eigenvalue weighted by molar-refractivity contribution is 6.03. The summed E-state index contributed by atoms with van der Waals surface area (Å²) in [4.78, 5) is 16.8. The minimum absolute atomic E-state index is 0.206. The number of H-pyrrole nitrogens is 1. The summed E-state index contributed by atoms with van der Waals surface area (Å²) >= 11 is 0. The van der Waals surface area contributed by atoms with Crippen molar-refractivity contribution >= 4 is 16.7 Å². The summed E-state index contributed by atoms with van der Waals surface area (Å²) in [7, 11) is 0. The number of carbonyl (C=O) groups is 1. The van der Waals surface area contributed by atoms with Crippen LogP contribution in [0.15, 0.2) is 30.3 Å². The van der Waals surface area contributed by atoms with Gasteiger partial charge in [0.2, 0.25) is 0 Å². The molecule has 0 saturated carbocycles. The fraction of sp³-hybridized carbons (Fsp3) is 0.526. The predicted molar refractivity (Wildman–Crippen MR) is 89.1 cm³/mol. The number of ketones is 1. The summed E-state index contributed by atoms with van der Waals surface area (Å²) in [6.07, 6.45) is 6.62. The molecular weight excluding hydrogens is 272 g/mol. The van der Waals surface area contributed by atoms with Crippen molar-refractivity contribution in [2.75, 3.05) is 0 Å². The molecule has 3 atom stereocenters. The fourth-order valence-electron chi connectivity index (χ4n) is 4.68. The van der Waals surface area contributed by atoms with Gasteiger partial charge < -0.3 is 10.3 Å².